The van der Waals surface area contributed by atoms with Gasteiger partial charge in [0.15, 0.2) is 6.10 Å². The van der Waals surface area contributed by atoms with Crippen molar-refractivity contribution in [3.05, 3.63) is 52.5 Å². The molecule has 130 valence electrons. The molecule has 1 aliphatic heterocycles. The number of carbonyl (C=O) groups excluding carboxylic acids is 2. The number of carbonyl (C=O) groups is 2. The van der Waals surface area contributed by atoms with E-state index in [2.05, 4.69) is 21.2 Å². The van der Waals surface area contributed by atoms with E-state index in [9.17, 15) is 9.59 Å². The first-order valence-electron chi connectivity index (χ1n) is 7.68. The fourth-order valence-electron chi connectivity index (χ4n) is 2.68. The van der Waals surface area contributed by atoms with Crippen LogP contribution in [0.3, 0.4) is 0 Å². The molecule has 2 amide bonds. The van der Waals surface area contributed by atoms with Gasteiger partial charge in [-0.15, -0.1) is 0 Å². The van der Waals surface area contributed by atoms with E-state index >= 15 is 0 Å². The maximum absolute atomic E-state index is 13.0. The lowest BCUT2D eigenvalue weighted by Crippen LogP contribution is -2.50. The Bertz CT molecular complexity index is 824. The fraction of sp³-hybridized carbons (Fsp3) is 0.222. The number of anilines is 1. The summed E-state index contributed by atoms with van der Waals surface area (Å²) < 4.78 is 11.6. The Kier molecular flexibility index (Phi) is 4.94. The molecule has 0 saturated heterocycles. The van der Waals surface area contributed by atoms with Crippen LogP contribution < -0.4 is 19.7 Å². The Morgan fingerprint density at radius 2 is 2.04 bits per heavy atom. The van der Waals surface area contributed by atoms with Crippen molar-refractivity contribution < 1.29 is 19.1 Å². The third kappa shape index (κ3) is 3.32. The Morgan fingerprint density at radius 3 is 2.72 bits per heavy atom. The quantitative estimate of drug-likeness (QED) is 0.853. The van der Waals surface area contributed by atoms with Crippen molar-refractivity contribution in [1.29, 1.82) is 0 Å². The van der Waals surface area contributed by atoms with Gasteiger partial charge in [0.05, 0.1) is 23.8 Å². The van der Waals surface area contributed by atoms with Crippen molar-refractivity contribution in [3.63, 3.8) is 0 Å². The molecule has 25 heavy (non-hydrogen) atoms. The van der Waals surface area contributed by atoms with Gasteiger partial charge in [0.25, 0.3) is 11.8 Å². The highest BCUT2D eigenvalue weighted by Crippen LogP contribution is 2.35. The molecular formula is C18H17BrN2O4. The molecule has 0 unspecified atom stereocenters. The maximum Gasteiger partial charge on any atom is 0.262 e. The zero-order valence-corrected chi connectivity index (χ0v) is 15.4. The third-order valence-electron chi connectivity index (χ3n) is 3.96. The van der Waals surface area contributed by atoms with E-state index in [-0.39, 0.29) is 18.4 Å². The van der Waals surface area contributed by atoms with Crippen LogP contribution in [-0.4, -0.2) is 38.6 Å². The van der Waals surface area contributed by atoms with Crippen LogP contribution >= 0.6 is 15.9 Å². The number of ether oxygens (including phenoxy) is 2. The monoisotopic (exact) mass is 404 g/mol. The highest BCUT2D eigenvalue weighted by atomic mass is 79.9. The van der Waals surface area contributed by atoms with Crippen molar-refractivity contribution in [2.24, 2.45) is 0 Å². The summed E-state index contributed by atoms with van der Waals surface area (Å²) in [6, 6.07) is 12.3. The van der Waals surface area contributed by atoms with Crippen LogP contribution in [0.5, 0.6) is 11.5 Å². The van der Waals surface area contributed by atoms with Gasteiger partial charge < -0.3 is 19.7 Å². The van der Waals surface area contributed by atoms with Gasteiger partial charge in [-0.2, -0.15) is 0 Å². The number of nitrogens with zero attached hydrogens (tertiary/aromatic N) is 1. The van der Waals surface area contributed by atoms with Gasteiger partial charge in [-0.3, -0.25) is 9.59 Å². The first-order valence-corrected chi connectivity index (χ1v) is 8.47. The topological polar surface area (TPSA) is 67.9 Å². The molecule has 0 spiro atoms. The Balaban J connectivity index is 1.98. The van der Waals surface area contributed by atoms with E-state index in [1.807, 2.05) is 6.07 Å². The average Bonchev–Trinajstić information content (AvgIpc) is 2.65. The number of fused-ring (bicyclic) bond motifs is 1. The molecule has 2 aromatic carbocycles. The third-order valence-corrected chi connectivity index (χ3v) is 4.58. The average molecular weight is 405 g/mol. The van der Waals surface area contributed by atoms with E-state index in [1.165, 1.54) is 0 Å². The van der Waals surface area contributed by atoms with E-state index in [1.54, 1.807) is 55.5 Å². The van der Waals surface area contributed by atoms with Crippen molar-refractivity contribution in [1.82, 2.24) is 5.32 Å². The highest BCUT2D eigenvalue weighted by molar-refractivity contribution is 9.10. The summed E-state index contributed by atoms with van der Waals surface area (Å²) in [5.41, 5.74) is 1.12. The summed E-state index contributed by atoms with van der Waals surface area (Å²) in [4.78, 5) is 26.6. The molecule has 0 saturated carbocycles. The second-order valence-electron chi connectivity index (χ2n) is 5.45. The summed E-state index contributed by atoms with van der Waals surface area (Å²) in [7, 11) is 3.10. The van der Waals surface area contributed by atoms with E-state index in [0.717, 1.165) is 0 Å². The second kappa shape index (κ2) is 7.14. The molecule has 1 N–H and O–H groups in total. The Hall–Kier alpha value is -2.54. The van der Waals surface area contributed by atoms with Gasteiger partial charge in [0.1, 0.15) is 11.5 Å². The van der Waals surface area contributed by atoms with Gasteiger partial charge in [0, 0.05) is 12.6 Å². The standard InChI is InChI=1S/C18H17BrN2O4/c1-20-17(22)16-10-21(13-5-3-4-6-15(13)25-16)18(23)11-7-8-14(24-2)12(19)9-11/h3-9,16H,10H2,1-2H3,(H,20,22)/t16-/m0/s1. The van der Waals surface area contributed by atoms with Gasteiger partial charge in [0.2, 0.25) is 0 Å². The molecular weight excluding hydrogens is 388 g/mol. The molecule has 0 fully saturated rings. The lowest BCUT2D eigenvalue weighted by molar-refractivity contribution is -0.127. The highest BCUT2D eigenvalue weighted by Gasteiger charge is 2.33. The molecule has 2 aromatic rings. The van der Waals surface area contributed by atoms with Gasteiger partial charge in [-0.25, -0.2) is 0 Å². The van der Waals surface area contributed by atoms with E-state index in [0.29, 0.717) is 27.2 Å². The minimum absolute atomic E-state index is 0.138. The predicted octanol–water partition coefficient (Wildman–Crippen LogP) is 2.61. The van der Waals surface area contributed by atoms with Crippen LogP contribution in [0.15, 0.2) is 46.9 Å². The predicted molar refractivity (Wildman–Crippen MR) is 97.3 cm³/mol. The van der Waals surface area contributed by atoms with Crippen LogP contribution in [0, 0.1) is 0 Å². The number of amides is 2. The number of benzene rings is 2. The summed E-state index contributed by atoms with van der Waals surface area (Å²) in [6.07, 6.45) is -0.759. The lowest BCUT2D eigenvalue weighted by atomic mass is 10.1. The zero-order valence-electron chi connectivity index (χ0n) is 13.8. The number of rotatable bonds is 3. The van der Waals surface area contributed by atoms with Crippen LogP contribution in [-0.2, 0) is 4.79 Å². The Morgan fingerprint density at radius 1 is 1.28 bits per heavy atom. The first kappa shape index (κ1) is 17.3. The molecule has 7 heteroatoms. The maximum atomic E-state index is 13.0. The number of methoxy groups -OCH3 is 1. The number of hydrogen-bond acceptors (Lipinski definition) is 4. The first-order chi connectivity index (χ1) is 12.0. The molecule has 0 bridgehead atoms. The molecule has 1 aliphatic rings. The normalized spacial score (nSPS) is 15.8. The summed E-state index contributed by atoms with van der Waals surface area (Å²) in [5.74, 6) is 0.654. The second-order valence-corrected chi connectivity index (χ2v) is 6.31. The van der Waals surface area contributed by atoms with Crippen molar-refractivity contribution in [2.45, 2.75) is 6.10 Å². The van der Waals surface area contributed by atoms with Crippen LogP contribution in [0.4, 0.5) is 5.69 Å². The van der Waals surface area contributed by atoms with Crippen molar-refractivity contribution in [2.75, 3.05) is 25.6 Å². The molecule has 0 aromatic heterocycles. The van der Waals surface area contributed by atoms with Crippen molar-refractivity contribution >= 4 is 33.4 Å². The smallest absolute Gasteiger partial charge is 0.262 e. The summed E-state index contributed by atoms with van der Waals surface area (Å²) in [6.45, 7) is 0.138. The largest absolute Gasteiger partial charge is 0.496 e. The fourth-order valence-corrected chi connectivity index (χ4v) is 3.22. The van der Waals surface area contributed by atoms with Crippen molar-refractivity contribution in [3.8, 4) is 11.5 Å². The molecule has 0 aliphatic carbocycles. The number of nitrogens with one attached hydrogen (secondary N) is 1. The molecule has 1 heterocycles. The number of likely N-dealkylation sites (N-methyl/N-ethyl adjacent to an activating group) is 1. The molecule has 0 radical (unpaired) electrons. The molecule has 3 rings (SSSR count). The summed E-state index contributed by atoms with van der Waals surface area (Å²) >= 11 is 3.39. The molecule has 6 nitrogen and oxygen atoms in total. The number of hydrogen-bond donors (Lipinski definition) is 1. The minimum Gasteiger partial charge on any atom is -0.496 e. The van der Waals surface area contributed by atoms with Crippen LogP contribution in [0.1, 0.15) is 10.4 Å². The van der Waals surface area contributed by atoms with Gasteiger partial charge in [-0.1, -0.05) is 12.1 Å². The summed E-state index contributed by atoms with van der Waals surface area (Å²) in [5, 5.41) is 2.56. The minimum atomic E-state index is -0.759. The molecule has 1 atom stereocenters. The van der Waals surface area contributed by atoms with Gasteiger partial charge >= 0.3 is 0 Å². The number of para-hydroxylation sites is 2. The Labute approximate surface area is 153 Å². The zero-order chi connectivity index (χ0) is 18.0. The van der Waals surface area contributed by atoms with Crippen LogP contribution in [0.2, 0.25) is 0 Å². The van der Waals surface area contributed by atoms with E-state index in [4.69, 9.17) is 9.47 Å². The SMILES string of the molecule is CNC(=O)[C@@H]1CN(C(=O)c2ccc(OC)c(Br)c2)c2ccccc2O1. The van der Waals surface area contributed by atoms with E-state index < -0.39 is 6.10 Å². The van der Waals surface area contributed by atoms with Crippen LogP contribution in [0.25, 0.3) is 0 Å². The van der Waals surface area contributed by atoms with Gasteiger partial charge in [-0.05, 0) is 46.3 Å². The number of halogens is 1. The lowest BCUT2D eigenvalue weighted by Gasteiger charge is -2.34.